The summed E-state index contributed by atoms with van der Waals surface area (Å²) in [6.45, 7) is 1.93. The van der Waals surface area contributed by atoms with E-state index in [1.54, 1.807) is 6.20 Å². The van der Waals surface area contributed by atoms with Crippen molar-refractivity contribution in [2.24, 2.45) is 0 Å². The van der Waals surface area contributed by atoms with E-state index in [-0.39, 0.29) is 0 Å². The van der Waals surface area contributed by atoms with E-state index in [0.717, 1.165) is 41.0 Å². The maximum atomic E-state index is 9.10. The molecule has 0 radical (unpaired) electrons. The van der Waals surface area contributed by atoms with Crippen LogP contribution in [0.1, 0.15) is 30.1 Å². The molecular formula is C16H13N5. The van der Waals surface area contributed by atoms with E-state index in [4.69, 9.17) is 10.2 Å². The fraction of sp³-hybridized carbons (Fsp3) is 0.250. The van der Waals surface area contributed by atoms with Crippen LogP contribution < -0.4 is 0 Å². The van der Waals surface area contributed by atoms with Gasteiger partial charge in [-0.25, -0.2) is 4.98 Å². The zero-order valence-electron chi connectivity index (χ0n) is 11.6. The minimum Gasteiger partial charge on any atom is -0.321 e. The average molecular weight is 275 g/mol. The molecule has 2 aromatic heterocycles. The number of hydrogen-bond donors (Lipinski definition) is 0. The maximum Gasteiger partial charge on any atom is 0.143 e. The van der Waals surface area contributed by atoms with Crippen molar-refractivity contribution in [3.8, 4) is 17.5 Å². The Labute approximate surface area is 121 Å². The van der Waals surface area contributed by atoms with Crippen LogP contribution in [-0.2, 0) is 0 Å². The fourth-order valence-corrected chi connectivity index (χ4v) is 2.66. The van der Waals surface area contributed by atoms with Crippen LogP contribution in [-0.4, -0.2) is 19.7 Å². The van der Waals surface area contributed by atoms with Crippen molar-refractivity contribution in [3.05, 3.63) is 41.7 Å². The third-order valence-corrected chi connectivity index (χ3v) is 3.77. The Balaban J connectivity index is 2.00. The summed E-state index contributed by atoms with van der Waals surface area (Å²) in [5.41, 5.74) is 4.47. The molecule has 21 heavy (non-hydrogen) atoms. The summed E-state index contributed by atoms with van der Waals surface area (Å²) in [6, 6.07) is 10.3. The van der Waals surface area contributed by atoms with Crippen molar-refractivity contribution in [3.63, 3.8) is 0 Å². The summed E-state index contributed by atoms with van der Waals surface area (Å²) >= 11 is 0. The second-order valence-electron chi connectivity index (χ2n) is 5.44. The predicted octanol–water partition coefficient (Wildman–Crippen LogP) is 3.01. The maximum absolute atomic E-state index is 9.10. The first-order chi connectivity index (χ1) is 10.3. The lowest BCUT2D eigenvalue weighted by atomic mass is 10.2. The largest absolute Gasteiger partial charge is 0.321 e. The Bertz CT molecular complexity index is 883. The van der Waals surface area contributed by atoms with Crippen LogP contribution >= 0.6 is 0 Å². The molecule has 0 unspecified atom stereocenters. The Morgan fingerprint density at radius 2 is 2.14 bits per heavy atom. The van der Waals surface area contributed by atoms with E-state index in [1.807, 2.05) is 31.2 Å². The highest BCUT2D eigenvalue weighted by Crippen LogP contribution is 2.41. The molecule has 0 N–H and O–H groups in total. The molecular weight excluding hydrogens is 262 g/mol. The monoisotopic (exact) mass is 275 g/mol. The molecule has 5 nitrogen and oxygen atoms in total. The Hall–Kier alpha value is -2.74. The van der Waals surface area contributed by atoms with E-state index in [1.165, 1.54) is 0 Å². The topological polar surface area (TPSA) is 67.4 Å². The van der Waals surface area contributed by atoms with E-state index in [0.29, 0.717) is 11.6 Å². The number of fused-ring (bicyclic) bond motifs is 1. The molecule has 3 aromatic rings. The molecule has 1 fully saturated rings. The minimum atomic E-state index is 0.479. The van der Waals surface area contributed by atoms with Crippen LogP contribution in [0.2, 0.25) is 0 Å². The molecule has 0 aliphatic heterocycles. The van der Waals surface area contributed by atoms with E-state index in [2.05, 4.69) is 20.8 Å². The number of nitriles is 1. The Morgan fingerprint density at radius 1 is 1.29 bits per heavy atom. The van der Waals surface area contributed by atoms with Crippen molar-refractivity contribution >= 4 is 11.0 Å². The molecule has 0 bridgehead atoms. The van der Waals surface area contributed by atoms with Gasteiger partial charge in [0.05, 0.1) is 34.6 Å². The van der Waals surface area contributed by atoms with Gasteiger partial charge < -0.3 is 4.57 Å². The Kier molecular flexibility index (Phi) is 2.51. The SMILES string of the molecule is Cc1cc(-c2nc3ccc(C#N)cc3n2C2CC2)cnn1. The summed E-state index contributed by atoms with van der Waals surface area (Å²) in [5.74, 6) is 0.917. The van der Waals surface area contributed by atoms with E-state index < -0.39 is 0 Å². The summed E-state index contributed by atoms with van der Waals surface area (Å²) in [6.07, 6.45) is 4.07. The molecule has 102 valence electrons. The molecule has 2 heterocycles. The number of nitrogens with zero attached hydrogens (tertiary/aromatic N) is 5. The van der Waals surface area contributed by atoms with Gasteiger partial charge in [-0.3, -0.25) is 0 Å². The molecule has 0 atom stereocenters. The standard InChI is InChI=1S/C16H13N5/c1-10-6-12(9-18-20-10)16-19-14-5-2-11(8-17)7-15(14)21(16)13-3-4-13/h2,5-7,9,13H,3-4H2,1H3. The number of benzene rings is 1. The van der Waals surface area contributed by atoms with Gasteiger partial charge in [0.2, 0.25) is 0 Å². The van der Waals surface area contributed by atoms with Crippen molar-refractivity contribution in [1.29, 1.82) is 5.26 Å². The van der Waals surface area contributed by atoms with E-state index >= 15 is 0 Å². The van der Waals surface area contributed by atoms with E-state index in [9.17, 15) is 0 Å². The first-order valence-corrected chi connectivity index (χ1v) is 6.98. The molecule has 0 amide bonds. The van der Waals surface area contributed by atoms with Crippen LogP contribution in [0.15, 0.2) is 30.5 Å². The highest BCUT2D eigenvalue weighted by molar-refractivity contribution is 5.82. The van der Waals surface area contributed by atoms with Crippen molar-refractivity contribution in [2.45, 2.75) is 25.8 Å². The number of hydrogen-bond acceptors (Lipinski definition) is 4. The Morgan fingerprint density at radius 3 is 2.86 bits per heavy atom. The van der Waals surface area contributed by atoms with Crippen LogP contribution in [0, 0.1) is 18.3 Å². The molecule has 1 saturated carbocycles. The zero-order valence-corrected chi connectivity index (χ0v) is 11.6. The van der Waals surface area contributed by atoms with Crippen molar-refractivity contribution < 1.29 is 0 Å². The van der Waals surface area contributed by atoms with Crippen LogP contribution in [0.25, 0.3) is 22.4 Å². The molecule has 1 aromatic carbocycles. The number of aromatic nitrogens is 4. The molecule has 1 aliphatic rings. The smallest absolute Gasteiger partial charge is 0.143 e. The van der Waals surface area contributed by atoms with Gasteiger partial charge in [-0.15, -0.1) is 0 Å². The first kappa shape index (κ1) is 12.0. The second kappa shape index (κ2) is 4.38. The molecule has 5 heteroatoms. The lowest BCUT2D eigenvalue weighted by molar-refractivity contribution is 0.773. The highest BCUT2D eigenvalue weighted by atomic mass is 15.1. The van der Waals surface area contributed by atoms with Gasteiger partial charge in [-0.1, -0.05) is 0 Å². The van der Waals surface area contributed by atoms with Gasteiger partial charge >= 0.3 is 0 Å². The quantitative estimate of drug-likeness (QED) is 0.721. The van der Waals surface area contributed by atoms with Gasteiger partial charge in [0, 0.05) is 11.6 Å². The van der Waals surface area contributed by atoms with Crippen LogP contribution in [0.5, 0.6) is 0 Å². The normalized spacial score (nSPS) is 14.3. The van der Waals surface area contributed by atoms with Gasteiger partial charge in [0.15, 0.2) is 0 Å². The predicted molar refractivity (Wildman–Crippen MR) is 78.5 cm³/mol. The van der Waals surface area contributed by atoms with Gasteiger partial charge in [-0.2, -0.15) is 15.5 Å². The first-order valence-electron chi connectivity index (χ1n) is 6.98. The molecule has 4 rings (SSSR count). The molecule has 1 aliphatic carbocycles. The number of imidazole rings is 1. The highest BCUT2D eigenvalue weighted by Gasteiger charge is 2.29. The molecule has 0 spiro atoms. The van der Waals surface area contributed by atoms with Crippen molar-refractivity contribution in [2.75, 3.05) is 0 Å². The average Bonchev–Trinajstić information content (AvgIpc) is 3.26. The fourth-order valence-electron chi connectivity index (χ4n) is 2.66. The third kappa shape index (κ3) is 1.96. The third-order valence-electron chi connectivity index (χ3n) is 3.77. The number of rotatable bonds is 2. The summed E-state index contributed by atoms with van der Waals surface area (Å²) in [4.78, 5) is 4.75. The van der Waals surface area contributed by atoms with Crippen LogP contribution in [0.3, 0.4) is 0 Å². The van der Waals surface area contributed by atoms with Crippen molar-refractivity contribution in [1.82, 2.24) is 19.7 Å². The second-order valence-corrected chi connectivity index (χ2v) is 5.44. The van der Waals surface area contributed by atoms with Gasteiger partial charge in [-0.05, 0) is 44.0 Å². The summed E-state index contributed by atoms with van der Waals surface area (Å²) in [5, 5.41) is 17.1. The minimum absolute atomic E-state index is 0.479. The van der Waals surface area contributed by atoms with Gasteiger partial charge in [0.1, 0.15) is 5.82 Å². The molecule has 0 saturated heterocycles. The number of aryl methyl sites for hydroxylation is 1. The van der Waals surface area contributed by atoms with Crippen LogP contribution in [0.4, 0.5) is 0 Å². The lowest BCUT2D eigenvalue weighted by Crippen LogP contribution is -1.99. The summed E-state index contributed by atoms with van der Waals surface area (Å²) < 4.78 is 2.24. The van der Waals surface area contributed by atoms with Gasteiger partial charge in [0.25, 0.3) is 0 Å². The lowest BCUT2D eigenvalue weighted by Gasteiger charge is -2.07. The zero-order chi connectivity index (χ0) is 14.4. The summed E-state index contributed by atoms with van der Waals surface area (Å²) in [7, 11) is 0.